The zero-order valence-corrected chi connectivity index (χ0v) is 17.5. The van der Waals surface area contributed by atoms with Crippen LogP contribution in [0.2, 0.25) is 0 Å². The van der Waals surface area contributed by atoms with Gasteiger partial charge in [-0.05, 0) is 54.4 Å². The number of benzene rings is 3. The smallest absolute Gasteiger partial charge is 0.264 e. The molecule has 1 aliphatic rings. The normalized spacial score (nSPS) is 13.4. The van der Waals surface area contributed by atoms with Crippen molar-refractivity contribution >= 4 is 38.4 Å². The Hall–Kier alpha value is -3.65. The number of fused-ring (bicyclic) bond motifs is 2. The highest BCUT2D eigenvalue weighted by atomic mass is 32.2. The van der Waals surface area contributed by atoms with Gasteiger partial charge in [0.05, 0.1) is 10.6 Å². The molecule has 0 spiro atoms. The molecule has 8 heteroatoms. The second kappa shape index (κ2) is 7.24. The van der Waals surface area contributed by atoms with Gasteiger partial charge in [-0.1, -0.05) is 24.3 Å². The van der Waals surface area contributed by atoms with E-state index in [-0.39, 0.29) is 10.5 Å². The van der Waals surface area contributed by atoms with E-state index in [0.717, 1.165) is 5.56 Å². The first-order valence-electron chi connectivity index (χ1n) is 9.81. The van der Waals surface area contributed by atoms with E-state index in [2.05, 4.69) is 10.3 Å². The van der Waals surface area contributed by atoms with E-state index in [9.17, 15) is 13.2 Å². The highest BCUT2D eigenvalue weighted by Crippen LogP contribution is 2.32. The molecule has 0 saturated carbocycles. The minimum atomic E-state index is -3.78. The van der Waals surface area contributed by atoms with E-state index in [4.69, 9.17) is 4.42 Å². The van der Waals surface area contributed by atoms with Crippen molar-refractivity contribution in [3.05, 3.63) is 83.7 Å². The fraction of sp³-hybridized carbons (Fsp3) is 0.130. The average molecular weight is 433 g/mol. The predicted molar refractivity (Wildman–Crippen MR) is 118 cm³/mol. The van der Waals surface area contributed by atoms with Crippen LogP contribution in [-0.2, 0) is 16.4 Å². The number of carbonyl (C=O) groups is 1. The van der Waals surface area contributed by atoms with Gasteiger partial charge in [0, 0.05) is 24.7 Å². The van der Waals surface area contributed by atoms with Gasteiger partial charge in [-0.15, -0.1) is 0 Å². The Bertz CT molecular complexity index is 1430. The van der Waals surface area contributed by atoms with Crippen molar-refractivity contribution in [2.24, 2.45) is 0 Å². The minimum absolute atomic E-state index is 0.0828. The fourth-order valence-corrected chi connectivity index (χ4v) is 5.36. The summed E-state index contributed by atoms with van der Waals surface area (Å²) in [6.45, 7) is 2.14. The summed E-state index contributed by atoms with van der Waals surface area (Å²) in [6.07, 6.45) is 0.666. The van der Waals surface area contributed by atoms with E-state index < -0.39 is 15.9 Å². The van der Waals surface area contributed by atoms with Crippen LogP contribution in [0, 0.1) is 6.92 Å². The molecule has 0 atom stereocenters. The van der Waals surface area contributed by atoms with E-state index in [1.807, 2.05) is 18.2 Å². The first-order chi connectivity index (χ1) is 14.9. The third kappa shape index (κ3) is 3.44. The van der Waals surface area contributed by atoms with E-state index >= 15 is 0 Å². The molecule has 3 aromatic carbocycles. The van der Waals surface area contributed by atoms with Crippen molar-refractivity contribution in [1.82, 2.24) is 4.98 Å². The van der Waals surface area contributed by atoms with Gasteiger partial charge in [-0.25, -0.2) is 13.4 Å². The lowest BCUT2D eigenvalue weighted by molar-refractivity contribution is 0.102. The van der Waals surface area contributed by atoms with Gasteiger partial charge in [0.15, 0.2) is 11.5 Å². The third-order valence-electron chi connectivity index (χ3n) is 5.28. The molecule has 1 aliphatic heterocycles. The van der Waals surface area contributed by atoms with Crippen LogP contribution in [0.5, 0.6) is 0 Å². The largest absolute Gasteiger partial charge is 0.441 e. The van der Waals surface area contributed by atoms with Crippen LogP contribution >= 0.6 is 0 Å². The van der Waals surface area contributed by atoms with Crippen LogP contribution in [-0.4, -0.2) is 25.9 Å². The van der Waals surface area contributed by atoms with E-state index in [0.29, 0.717) is 41.3 Å². The second-order valence-electron chi connectivity index (χ2n) is 7.35. The number of nitrogens with one attached hydrogen (secondary N) is 1. The molecule has 1 aromatic heterocycles. The van der Waals surface area contributed by atoms with E-state index in [1.54, 1.807) is 43.3 Å². The highest BCUT2D eigenvalue weighted by molar-refractivity contribution is 7.92. The van der Waals surface area contributed by atoms with Crippen LogP contribution in [0.4, 0.5) is 11.4 Å². The van der Waals surface area contributed by atoms with Crippen molar-refractivity contribution in [2.45, 2.75) is 18.2 Å². The Morgan fingerprint density at radius 1 is 1.06 bits per heavy atom. The molecular formula is C23H19N3O4S. The molecule has 0 bridgehead atoms. The Morgan fingerprint density at radius 3 is 2.77 bits per heavy atom. The SMILES string of the molecule is Cc1nc2cc(NC(=O)c3cccc(S(=O)(=O)N4CCc5ccccc54)c3)ccc2o1. The monoisotopic (exact) mass is 433 g/mol. The summed E-state index contributed by atoms with van der Waals surface area (Å²) in [5, 5.41) is 2.79. The van der Waals surface area contributed by atoms with Crippen molar-refractivity contribution in [3.8, 4) is 0 Å². The number of aromatic nitrogens is 1. The van der Waals surface area contributed by atoms with Gasteiger partial charge in [0.1, 0.15) is 5.52 Å². The zero-order valence-electron chi connectivity index (χ0n) is 16.7. The Morgan fingerprint density at radius 2 is 1.90 bits per heavy atom. The number of anilines is 2. The Balaban J connectivity index is 1.42. The maximum absolute atomic E-state index is 13.3. The molecule has 5 rings (SSSR count). The summed E-state index contributed by atoms with van der Waals surface area (Å²) in [6, 6.07) is 18.7. The molecule has 0 radical (unpaired) electrons. The number of sulfonamides is 1. The topological polar surface area (TPSA) is 92.5 Å². The molecule has 1 amide bonds. The summed E-state index contributed by atoms with van der Waals surface area (Å²) in [4.78, 5) is 17.1. The number of hydrogen-bond donors (Lipinski definition) is 1. The molecule has 0 unspecified atom stereocenters. The lowest BCUT2D eigenvalue weighted by Crippen LogP contribution is -2.29. The lowest BCUT2D eigenvalue weighted by Gasteiger charge is -2.20. The second-order valence-corrected chi connectivity index (χ2v) is 9.22. The third-order valence-corrected chi connectivity index (χ3v) is 7.09. The van der Waals surface area contributed by atoms with Crippen molar-refractivity contribution in [2.75, 3.05) is 16.2 Å². The highest BCUT2D eigenvalue weighted by Gasteiger charge is 2.30. The number of nitrogens with zero attached hydrogens (tertiary/aromatic N) is 2. The quantitative estimate of drug-likeness (QED) is 0.522. The van der Waals surface area contributed by atoms with Crippen LogP contribution in [0.3, 0.4) is 0 Å². The van der Waals surface area contributed by atoms with E-state index in [1.165, 1.54) is 16.4 Å². The lowest BCUT2D eigenvalue weighted by atomic mass is 10.2. The molecule has 156 valence electrons. The first-order valence-corrected chi connectivity index (χ1v) is 11.2. The Kier molecular flexibility index (Phi) is 4.51. The summed E-state index contributed by atoms with van der Waals surface area (Å²) in [5.41, 5.74) is 3.76. The van der Waals surface area contributed by atoms with Gasteiger partial charge in [-0.2, -0.15) is 0 Å². The Labute approximate surface area is 179 Å². The first kappa shape index (κ1) is 19.3. The number of hydrogen-bond acceptors (Lipinski definition) is 5. The molecule has 31 heavy (non-hydrogen) atoms. The molecule has 0 aliphatic carbocycles. The maximum Gasteiger partial charge on any atom is 0.264 e. The molecule has 7 nitrogen and oxygen atoms in total. The fourth-order valence-electron chi connectivity index (χ4n) is 3.81. The number of rotatable bonds is 4. The van der Waals surface area contributed by atoms with Crippen molar-refractivity contribution in [3.63, 3.8) is 0 Å². The maximum atomic E-state index is 13.3. The average Bonchev–Trinajstić information content (AvgIpc) is 3.36. The number of amides is 1. The standard InChI is InChI=1S/C23H19N3O4S/c1-15-24-20-14-18(9-10-22(20)30-15)25-23(27)17-6-4-7-19(13-17)31(28,29)26-12-11-16-5-2-3-8-21(16)26/h2-10,13-14H,11-12H2,1H3,(H,25,27). The molecular weight excluding hydrogens is 414 g/mol. The molecule has 0 fully saturated rings. The van der Waals surface area contributed by atoms with Crippen LogP contribution in [0.1, 0.15) is 21.8 Å². The molecule has 2 heterocycles. The number of para-hydroxylation sites is 1. The van der Waals surface area contributed by atoms with Crippen LogP contribution in [0.15, 0.2) is 76.0 Å². The number of aryl methyl sites for hydroxylation is 1. The van der Waals surface area contributed by atoms with Gasteiger partial charge < -0.3 is 9.73 Å². The van der Waals surface area contributed by atoms with Crippen LogP contribution in [0.25, 0.3) is 11.1 Å². The summed E-state index contributed by atoms with van der Waals surface area (Å²) in [5.74, 6) is 0.137. The number of carbonyl (C=O) groups excluding carboxylic acids is 1. The summed E-state index contributed by atoms with van der Waals surface area (Å²) >= 11 is 0. The van der Waals surface area contributed by atoms with Gasteiger partial charge >= 0.3 is 0 Å². The van der Waals surface area contributed by atoms with Crippen molar-refractivity contribution in [1.29, 1.82) is 0 Å². The van der Waals surface area contributed by atoms with Crippen molar-refractivity contribution < 1.29 is 17.6 Å². The van der Waals surface area contributed by atoms with Gasteiger partial charge in [0.25, 0.3) is 15.9 Å². The zero-order chi connectivity index (χ0) is 21.6. The van der Waals surface area contributed by atoms with Crippen LogP contribution < -0.4 is 9.62 Å². The molecule has 1 N–H and O–H groups in total. The number of oxazole rings is 1. The van der Waals surface area contributed by atoms with Gasteiger partial charge in [0.2, 0.25) is 0 Å². The predicted octanol–water partition coefficient (Wildman–Crippen LogP) is 4.14. The van der Waals surface area contributed by atoms with Gasteiger partial charge in [-0.3, -0.25) is 9.10 Å². The molecule has 4 aromatic rings. The molecule has 0 saturated heterocycles. The summed E-state index contributed by atoms with van der Waals surface area (Å²) in [7, 11) is -3.78. The minimum Gasteiger partial charge on any atom is -0.441 e. The summed E-state index contributed by atoms with van der Waals surface area (Å²) < 4.78 is 33.4.